The van der Waals surface area contributed by atoms with E-state index in [1.54, 1.807) is 4.68 Å². The van der Waals surface area contributed by atoms with E-state index in [9.17, 15) is 4.79 Å². The predicted molar refractivity (Wildman–Crippen MR) is 91.5 cm³/mol. The lowest BCUT2D eigenvalue weighted by Crippen LogP contribution is -2.30. The number of nitrogens with zero attached hydrogens (tertiary/aromatic N) is 3. The van der Waals surface area contributed by atoms with E-state index < -0.39 is 0 Å². The lowest BCUT2D eigenvalue weighted by molar-refractivity contribution is -0.139. The number of hydrogen-bond donors (Lipinski definition) is 1. The number of allylic oxidation sites excluding steroid dienone is 1. The maximum Gasteiger partial charge on any atom is 0.338 e. The highest BCUT2D eigenvalue weighted by molar-refractivity contribution is 5.92. The summed E-state index contributed by atoms with van der Waals surface area (Å²) in [4.78, 5) is 17.0. The number of esters is 1. The van der Waals surface area contributed by atoms with Crippen LogP contribution in [0.15, 0.2) is 41.9 Å². The molecule has 2 heterocycles. The molecule has 2 aromatic rings. The molecule has 0 radical (unpaired) electrons. The van der Waals surface area contributed by atoms with Crippen LogP contribution in [0.1, 0.15) is 43.9 Å². The van der Waals surface area contributed by atoms with Gasteiger partial charge in [0.2, 0.25) is 5.95 Å². The Hall–Kier alpha value is -2.63. The van der Waals surface area contributed by atoms with Crippen LogP contribution in [0.2, 0.25) is 0 Å². The highest BCUT2D eigenvalue weighted by atomic mass is 16.5. The van der Waals surface area contributed by atoms with E-state index >= 15 is 0 Å². The van der Waals surface area contributed by atoms with Crippen molar-refractivity contribution in [2.75, 3.05) is 11.9 Å². The van der Waals surface area contributed by atoms with Gasteiger partial charge in [-0.05, 0) is 25.8 Å². The van der Waals surface area contributed by atoms with E-state index in [2.05, 4.69) is 22.3 Å². The molecule has 6 heteroatoms. The Labute approximate surface area is 141 Å². The summed E-state index contributed by atoms with van der Waals surface area (Å²) in [5.41, 5.74) is 3.63. The molecule has 1 atom stereocenters. The summed E-state index contributed by atoms with van der Waals surface area (Å²) in [7, 11) is 0. The number of hydrogen-bond acceptors (Lipinski definition) is 5. The molecule has 1 aliphatic heterocycles. The van der Waals surface area contributed by atoms with Gasteiger partial charge >= 0.3 is 5.97 Å². The third-order valence-corrected chi connectivity index (χ3v) is 4.07. The molecule has 0 amide bonds. The number of benzene rings is 1. The molecule has 1 aromatic heterocycles. The van der Waals surface area contributed by atoms with E-state index in [0.717, 1.165) is 24.1 Å². The molecule has 0 spiro atoms. The Morgan fingerprint density at radius 1 is 1.29 bits per heavy atom. The van der Waals surface area contributed by atoms with Crippen LogP contribution in [0.3, 0.4) is 0 Å². The van der Waals surface area contributed by atoms with Gasteiger partial charge in [0.1, 0.15) is 12.4 Å². The second-order valence-electron chi connectivity index (χ2n) is 5.83. The fourth-order valence-corrected chi connectivity index (χ4v) is 2.97. The SMILES string of the molecule is CCCC1=C(C(=O)OCC)[C@@H](c2ccc(C)cc2)n2ncnc2N1. The fraction of sp³-hybridized carbons (Fsp3) is 0.389. The summed E-state index contributed by atoms with van der Waals surface area (Å²) in [5, 5.41) is 7.57. The summed E-state index contributed by atoms with van der Waals surface area (Å²) in [6, 6.07) is 7.80. The van der Waals surface area contributed by atoms with Crippen LogP contribution in [-0.2, 0) is 9.53 Å². The average Bonchev–Trinajstić information content (AvgIpc) is 3.03. The molecule has 0 saturated heterocycles. The molecule has 6 nitrogen and oxygen atoms in total. The van der Waals surface area contributed by atoms with Crippen molar-refractivity contribution in [3.63, 3.8) is 0 Å². The number of fused-ring (bicyclic) bond motifs is 1. The number of nitrogens with one attached hydrogen (secondary N) is 1. The number of carbonyl (C=O) groups is 1. The van der Waals surface area contributed by atoms with E-state index in [-0.39, 0.29) is 12.0 Å². The first-order valence-electron chi connectivity index (χ1n) is 8.29. The minimum atomic E-state index is -0.329. The van der Waals surface area contributed by atoms with Gasteiger partial charge in [-0.25, -0.2) is 9.48 Å². The van der Waals surface area contributed by atoms with Crippen LogP contribution >= 0.6 is 0 Å². The molecule has 0 saturated carbocycles. The smallest absolute Gasteiger partial charge is 0.338 e. The lowest BCUT2D eigenvalue weighted by Gasteiger charge is -2.29. The predicted octanol–water partition coefficient (Wildman–Crippen LogP) is 3.22. The van der Waals surface area contributed by atoms with Crippen LogP contribution in [0, 0.1) is 6.92 Å². The second-order valence-corrected chi connectivity index (χ2v) is 5.83. The number of aryl methyl sites for hydroxylation is 1. The molecule has 0 bridgehead atoms. The van der Waals surface area contributed by atoms with Crippen LogP contribution in [0.25, 0.3) is 0 Å². The van der Waals surface area contributed by atoms with Gasteiger partial charge < -0.3 is 10.1 Å². The monoisotopic (exact) mass is 326 g/mol. The van der Waals surface area contributed by atoms with Crippen molar-refractivity contribution in [1.82, 2.24) is 14.8 Å². The Kier molecular flexibility index (Phi) is 4.64. The van der Waals surface area contributed by atoms with E-state index in [4.69, 9.17) is 4.74 Å². The third kappa shape index (κ3) is 2.91. The van der Waals surface area contributed by atoms with Gasteiger partial charge in [-0.1, -0.05) is 43.2 Å². The van der Waals surface area contributed by atoms with Crippen LogP contribution in [-0.4, -0.2) is 27.3 Å². The number of ether oxygens (including phenoxy) is 1. The molecule has 0 aliphatic carbocycles. The van der Waals surface area contributed by atoms with Crippen LogP contribution in [0.4, 0.5) is 5.95 Å². The molecule has 24 heavy (non-hydrogen) atoms. The Bertz CT molecular complexity index is 762. The zero-order valence-corrected chi connectivity index (χ0v) is 14.2. The zero-order chi connectivity index (χ0) is 17.1. The number of carbonyl (C=O) groups excluding carboxylic acids is 1. The van der Waals surface area contributed by atoms with Gasteiger partial charge in [0.15, 0.2) is 0 Å². The minimum absolute atomic E-state index is 0.305. The average molecular weight is 326 g/mol. The van der Waals surface area contributed by atoms with Crippen molar-refractivity contribution in [3.05, 3.63) is 53.0 Å². The Morgan fingerprint density at radius 3 is 2.71 bits per heavy atom. The van der Waals surface area contributed by atoms with Crippen molar-refractivity contribution >= 4 is 11.9 Å². The standard InChI is InChI=1S/C18H22N4O2/c1-4-6-14-15(17(23)24-5-2)16(13-9-7-12(3)8-10-13)22-18(21-14)19-11-20-22/h7-11,16H,4-6H2,1-3H3,(H,19,20,21)/t16-/m1/s1. The second kappa shape index (κ2) is 6.86. The number of anilines is 1. The molecular weight excluding hydrogens is 304 g/mol. The van der Waals surface area contributed by atoms with Gasteiger partial charge in [-0.2, -0.15) is 10.1 Å². The normalized spacial score (nSPS) is 16.5. The quantitative estimate of drug-likeness (QED) is 0.854. The van der Waals surface area contributed by atoms with Crippen molar-refractivity contribution in [1.29, 1.82) is 0 Å². The van der Waals surface area contributed by atoms with Gasteiger partial charge in [0.25, 0.3) is 0 Å². The molecule has 1 aromatic carbocycles. The molecule has 0 unspecified atom stereocenters. The molecule has 1 aliphatic rings. The first kappa shape index (κ1) is 16.2. The van der Waals surface area contributed by atoms with Gasteiger partial charge in [0.05, 0.1) is 12.2 Å². The summed E-state index contributed by atoms with van der Waals surface area (Å²) >= 11 is 0. The maximum absolute atomic E-state index is 12.7. The highest BCUT2D eigenvalue weighted by Crippen LogP contribution is 2.36. The summed E-state index contributed by atoms with van der Waals surface area (Å²) < 4.78 is 7.07. The Balaban J connectivity index is 2.15. The van der Waals surface area contributed by atoms with E-state index in [1.165, 1.54) is 11.9 Å². The van der Waals surface area contributed by atoms with E-state index in [1.807, 2.05) is 38.1 Å². The van der Waals surface area contributed by atoms with Crippen molar-refractivity contribution in [2.45, 2.75) is 39.7 Å². The number of aromatic nitrogens is 3. The maximum atomic E-state index is 12.7. The topological polar surface area (TPSA) is 69.0 Å². The summed E-state index contributed by atoms with van der Waals surface area (Å²) in [6.45, 7) is 6.28. The molecule has 1 N–H and O–H groups in total. The van der Waals surface area contributed by atoms with E-state index in [0.29, 0.717) is 18.1 Å². The molecule has 126 valence electrons. The molecule has 3 rings (SSSR count). The van der Waals surface area contributed by atoms with Crippen LogP contribution < -0.4 is 5.32 Å². The largest absolute Gasteiger partial charge is 0.463 e. The number of rotatable bonds is 5. The fourth-order valence-electron chi connectivity index (χ4n) is 2.97. The highest BCUT2D eigenvalue weighted by Gasteiger charge is 2.35. The van der Waals surface area contributed by atoms with Crippen molar-refractivity contribution in [3.8, 4) is 0 Å². The lowest BCUT2D eigenvalue weighted by atomic mass is 9.93. The van der Waals surface area contributed by atoms with Gasteiger partial charge in [-0.3, -0.25) is 0 Å². The van der Waals surface area contributed by atoms with Gasteiger partial charge in [-0.15, -0.1) is 0 Å². The minimum Gasteiger partial charge on any atom is -0.463 e. The third-order valence-electron chi connectivity index (χ3n) is 4.07. The van der Waals surface area contributed by atoms with Crippen molar-refractivity contribution < 1.29 is 9.53 Å². The zero-order valence-electron chi connectivity index (χ0n) is 14.2. The summed E-state index contributed by atoms with van der Waals surface area (Å²) in [6.07, 6.45) is 3.17. The van der Waals surface area contributed by atoms with Crippen molar-refractivity contribution in [2.24, 2.45) is 0 Å². The first-order chi connectivity index (χ1) is 11.7. The molecular formula is C18H22N4O2. The van der Waals surface area contributed by atoms with Crippen LogP contribution in [0.5, 0.6) is 0 Å². The Morgan fingerprint density at radius 2 is 2.04 bits per heavy atom. The first-order valence-corrected chi connectivity index (χ1v) is 8.29. The van der Waals surface area contributed by atoms with Gasteiger partial charge in [0, 0.05) is 5.70 Å². The summed E-state index contributed by atoms with van der Waals surface area (Å²) in [5.74, 6) is 0.345. The molecule has 0 fully saturated rings.